The third-order valence-corrected chi connectivity index (χ3v) is 2.09. The zero-order valence-electron chi connectivity index (χ0n) is 10.2. The van der Waals surface area contributed by atoms with E-state index in [9.17, 15) is 0 Å². The van der Waals surface area contributed by atoms with Gasteiger partial charge in [0.1, 0.15) is 0 Å². The summed E-state index contributed by atoms with van der Waals surface area (Å²) in [4.78, 5) is 4.13. The molecule has 0 aromatic carbocycles. The lowest BCUT2D eigenvalue weighted by Gasteiger charge is -2.03. The maximum Gasteiger partial charge on any atom is 0.212 e. The van der Waals surface area contributed by atoms with Crippen molar-refractivity contribution in [2.45, 2.75) is 13.8 Å². The van der Waals surface area contributed by atoms with Crippen LogP contribution in [0, 0.1) is 5.92 Å². The SMILES string of the molecule is COc1ccc(/C=C/CNCC(C)C)cn1. The summed E-state index contributed by atoms with van der Waals surface area (Å²) in [7, 11) is 1.62. The standard InChI is InChI=1S/C13H20N2O/c1-11(2)9-14-8-4-5-12-6-7-13(16-3)15-10-12/h4-7,10-11,14H,8-9H2,1-3H3/b5-4+. The molecule has 0 amide bonds. The van der Waals surface area contributed by atoms with Crippen molar-refractivity contribution in [3.63, 3.8) is 0 Å². The van der Waals surface area contributed by atoms with Gasteiger partial charge in [0.25, 0.3) is 0 Å². The Morgan fingerprint density at radius 3 is 2.81 bits per heavy atom. The lowest BCUT2D eigenvalue weighted by atomic mass is 10.2. The number of aromatic nitrogens is 1. The highest BCUT2D eigenvalue weighted by Crippen LogP contribution is 2.07. The molecule has 88 valence electrons. The van der Waals surface area contributed by atoms with E-state index in [1.807, 2.05) is 12.1 Å². The van der Waals surface area contributed by atoms with Gasteiger partial charge in [-0.2, -0.15) is 0 Å². The van der Waals surface area contributed by atoms with Crippen molar-refractivity contribution in [2.75, 3.05) is 20.2 Å². The summed E-state index contributed by atoms with van der Waals surface area (Å²) in [6, 6.07) is 3.85. The molecule has 0 radical (unpaired) electrons. The third kappa shape index (κ3) is 4.94. The second-order valence-corrected chi connectivity index (χ2v) is 4.09. The molecule has 0 aliphatic carbocycles. The zero-order chi connectivity index (χ0) is 11.8. The fraction of sp³-hybridized carbons (Fsp3) is 0.462. The molecule has 0 atom stereocenters. The average molecular weight is 220 g/mol. The summed E-state index contributed by atoms with van der Waals surface area (Å²) in [6.45, 7) is 6.34. The highest BCUT2D eigenvalue weighted by Gasteiger charge is 1.92. The minimum Gasteiger partial charge on any atom is -0.481 e. The molecule has 1 N–H and O–H groups in total. The largest absolute Gasteiger partial charge is 0.481 e. The van der Waals surface area contributed by atoms with E-state index >= 15 is 0 Å². The van der Waals surface area contributed by atoms with Crippen LogP contribution in [0.1, 0.15) is 19.4 Å². The van der Waals surface area contributed by atoms with E-state index < -0.39 is 0 Å². The predicted molar refractivity (Wildman–Crippen MR) is 67.5 cm³/mol. The van der Waals surface area contributed by atoms with Gasteiger partial charge in [-0.15, -0.1) is 0 Å². The first-order chi connectivity index (χ1) is 7.72. The first-order valence-corrected chi connectivity index (χ1v) is 5.59. The number of nitrogens with zero attached hydrogens (tertiary/aromatic N) is 1. The number of nitrogens with one attached hydrogen (secondary N) is 1. The Labute approximate surface area is 97.5 Å². The van der Waals surface area contributed by atoms with Crippen LogP contribution in [0.25, 0.3) is 6.08 Å². The number of rotatable bonds is 6. The Kier molecular flexibility index (Phi) is 5.57. The zero-order valence-corrected chi connectivity index (χ0v) is 10.2. The van der Waals surface area contributed by atoms with Gasteiger partial charge in [0.05, 0.1) is 7.11 Å². The number of pyridine rings is 1. The number of hydrogen-bond donors (Lipinski definition) is 1. The van der Waals surface area contributed by atoms with Gasteiger partial charge in [0.15, 0.2) is 0 Å². The van der Waals surface area contributed by atoms with Crippen LogP contribution >= 0.6 is 0 Å². The van der Waals surface area contributed by atoms with E-state index in [0.717, 1.165) is 18.7 Å². The van der Waals surface area contributed by atoms with Crippen LogP contribution in [-0.4, -0.2) is 25.2 Å². The van der Waals surface area contributed by atoms with Gasteiger partial charge in [-0.25, -0.2) is 4.98 Å². The molecule has 0 spiro atoms. The average Bonchev–Trinajstić information content (AvgIpc) is 2.29. The maximum absolute atomic E-state index is 4.99. The third-order valence-electron chi connectivity index (χ3n) is 2.09. The van der Waals surface area contributed by atoms with E-state index in [2.05, 4.69) is 36.3 Å². The second-order valence-electron chi connectivity index (χ2n) is 4.09. The molecule has 1 rings (SSSR count). The lowest BCUT2D eigenvalue weighted by Crippen LogP contribution is -2.19. The van der Waals surface area contributed by atoms with E-state index in [0.29, 0.717) is 11.8 Å². The fourth-order valence-corrected chi connectivity index (χ4v) is 1.26. The Bertz CT molecular complexity index is 317. The molecule has 0 aliphatic heterocycles. The quantitative estimate of drug-likeness (QED) is 0.747. The molecule has 1 aromatic rings. The first kappa shape index (κ1) is 12.7. The maximum atomic E-state index is 4.99. The van der Waals surface area contributed by atoms with Crippen molar-refractivity contribution in [1.82, 2.24) is 10.3 Å². The molecule has 1 aromatic heterocycles. The highest BCUT2D eigenvalue weighted by molar-refractivity contribution is 5.48. The van der Waals surface area contributed by atoms with E-state index in [-0.39, 0.29) is 0 Å². The predicted octanol–water partition coefficient (Wildman–Crippen LogP) is 2.35. The summed E-state index contributed by atoms with van der Waals surface area (Å²) in [5.74, 6) is 1.34. The molecule has 0 saturated carbocycles. The molecule has 0 saturated heterocycles. The van der Waals surface area contributed by atoms with Crippen molar-refractivity contribution in [3.05, 3.63) is 30.0 Å². The molecule has 0 fully saturated rings. The second kappa shape index (κ2) is 7.01. The van der Waals surface area contributed by atoms with Crippen LogP contribution in [0.5, 0.6) is 5.88 Å². The van der Waals surface area contributed by atoms with Crippen LogP contribution < -0.4 is 10.1 Å². The minimum absolute atomic E-state index is 0.648. The normalized spacial score (nSPS) is 11.2. The van der Waals surface area contributed by atoms with Crippen molar-refractivity contribution in [3.8, 4) is 5.88 Å². The number of methoxy groups -OCH3 is 1. The number of ether oxygens (including phenoxy) is 1. The molecule has 1 heterocycles. The molecule has 0 unspecified atom stereocenters. The van der Waals surface area contributed by atoms with Crippen molar-refractivity contribution < 1.29 is 4.74 Å². The van der Waals surface area contributed by atoms with E-state index in [4.69, 9.17) is 4.74 Å². The molecule has 3 nitrogen and oxygen atoms in total. The van der Waals surface area contributed by atoms with Crippen molar-refractivity contribution in [1.29, 1.82) is 0 Å². The smallest absolute Gasteiger partial charge is 0.212 e. The lowest BCUT2D eigenvalue weighted by molar-refractivity contribution is 0.398. The minimum atomic E-state index is 0.648. The first-order valence-electron chi connectivity index (χ1n) is 5.59. The van der Waals surface area contributed by atoms with Gasteiger partial charge in [-0.1, -0.05) is 26.0 Å². The topological polar surface area (TPSA) is 34.1 Å². The molecular formula is C13H20N2O. The van der Waals surface area contributed by atoms with E-state index in [1.165, 1.54) is 0 Å². The Hall–Kier alpha value is -1.35. The van der Waals surface area contributed by atoms with Gasteiger partial charge in [-0.05, 0) is 24.1 Å². The summed E-state index contributed by atoms with van der Waals surface area (Å²) in [5.41, 5.74) is 1.09. The Morgan fingerprint density at radius 1 is 1.44 bits per heavy atom. The molecule has 3 heteroatoms. The van der Waals surface area contributed by atoms with Gasteiger partial charge in [0, 0.05) is 18.8 Å². The Morgan fingerprint density at radius 2 is 2.25 bits per heavy atom. The molecule has 0 bridgehead atoms. The van der Waals surface area contributed by atoms with Crippen LogP contribution in [0.15, 0.2) is 24.4 Å². The molecule has 0 aliphatic rings. The number of hydrogen-bond acceptors (Lipinski definition) is 3. The van der Waals surface area contributed by atoms with Crippen molar-refractivity contribution >= 4 is 6.08 Å². The summed E-state index contributed by atoms with van der Waals surface area (Å²) in [6.07, 6.45) is 5.96. The van der Waals surface area contributed by atoms with Gasteiger partial charge >= 0.3 is 0 Å². The monoisotopic (exact) mass is 220 g/mol. The molecule has 16 heavy (non-hydrogen) atoms. The Balaban J connectivity index is 2.32. The van der Waals surface area contributed by atoms with Crippen LogP contribution in [0.3, 0.4) is 0 Å². The van der Waals surface area contributed by atoms with Crippen molar-refractivity contribution in [2.24, 2.45) is 5.92 Å². The highest BCUT2D eigenvalue weighted by atomic mass is 16.5. The van der Waals surface area contributed by atoms with Crippen LogP contribution in [0.2, 0.25) is 0 Å². The van der Waals surface area contributed by atoms with E-state index in [1.54, 1.807) is 13.3 Å². The van der Waals surface area contributed by atoms with Crippen LogP contribution in [-0.2, 0) is 0 Å². The fourth-order valence-electron chi connectivity index (χ4n) is 1.26. The summed E-state index contributed by atoms with van der Waals surface area (Å²) >= 11 is 0. The molecular weight excluding hydrogens is 200 g/mol. The summed E-state index contributed by atoms with van der Waals surface area (Å²) in [5, 5.41) is 3.35. The van der Waals surface area contributed by atoms with Gasteiger partial charge in [-0.3, -0.25) is 0 Å². The summed E-state index contributed by atoms with van der Waals surface area (Å²) < 4.78 is 4.99. The van der Waals surface area contributed by atoms with Gasteiger partial charge in [0.2, 0.25) is 5.88 Å². The van der Waals surface area contributed by atoms with Crippen LogP contribution in [0.4, 0.5) is 0 Å². The van der Waals surface area contributed by atoms with Gasteiger partial charge < -0.3 is 10.1 Å².